The van der Waals surface area contributed by atoms with Gasteiger partial charge >= 0.3 is 0 Å². The molecule has 0 spiro atoms. The number of hydrogen-bond donors (Lipinski definition) is 2. The third-order valence-corrected chi connectivity index (χ3v) is 3.36. The molecule has 0 saturated heterocycles. The van der Waals surface area contributed by atoms with Crippen LogP contribution in [0.2, 0.25) is 0 Å². The molecule has 0 fully saturated rings. The third-order valence-electron chi connectivity index (χ3n) is 3.14. The third kappa shape index (κ3) is 4.82. The number of hydrogen-bond acceptors (Lipinski definition) is 2. The topological polar surface area (TPSA) is 41.9 Å². The van der Waals surface area contributed by atoms with Gasteiger partial charge in [0.05, 0.1) is 18.4 Å². The first kappa shape index (κ1) is 15.4. The Morgan fingerprint density at radius 1 is 1.38 bits per heavy atom. The van der Waals surface area contributed by atoms with Crippen LogP contribution in [0.15, 0.2) is 36.7 Å². The van der Waals surface area contributed by atoms with Crippen molar-refractivity contribution in [2.24, 2.45) is 0 Å². The lowest BCUT2D eigenvalue weighted by atomic mass is 10.2. The molecule has 0 aliphatic rings. The summed E-state index contributed by atoms with van der Waals surface area (Å²) in [5.41, 5.74) is 1.82. The predicted octanol–water partition coefficient (Wildman–Crippen LogP) is 3.16. The van der Waals surface area contributed by atoms with Crippen molar-refractivity contribution in [2.45, 2.75) is 32.9 Å². The van der Waals surface area contributed by atoms with E-state index < -0.39 is 0 Å². The SMILES string of the molecule is CCC(C)NC(=S)Nc1cnn(Cc2ccc(F)cc2)c1. The normalized spacial score (nSPS) is 12.0. The van der Waals surface area contributed by atoms with E-state index in [-0.39, 0.29) is 5.82 Å². The molecule has 0 saturated carbocycles. The smallest absolute Gasteiger partial charge is 0.171 e. The van der Waals surface area contributed by atoms with Gasteiger partial charge in [-0.25, -0.2) is 4.39 Å². The molecule has 0 amide bonds. The van der Waals surface area contributed by atoms with Crippen molar-refractivity contribution in [2.75, 3.05) is 5.32 Å². The maximum Gasteiger partial charge on any atom is 0.171 e. The Bertz CT molecular complexity index is 594. The first-order valence-corrected chi connectivity index (χ1v) is 7.32. The van der Waals surface area contributed by atoms with Gasteiger partial charge in [-0.05, 0) is 43.3 Å². The summed E-state index contributed by atoms with van der Waals surface area (Å²) in [7, 11) is 0. The summed E-state index contributed by atoms with van der Waals surface area (Å²) >= 11 is 5.23. The summed E-state index contributed by atoms with van der Waals surface area (Å²) in [6, 6.07) is 6.73. The van der Waals surface area contributed by atoms with Gasteiger partial charge in [-0.15, -0.1) is 0 Å². The van der Waals surface area contributed by atoms with Gasteiger partial charge < -0.3 is 10.6 Å². The lowest BCUT2D eigenvalue weighted by Gasteiger charge is -2.14. The van der Waals surface area contributed by atoms with Gasteiger partial charge in [0, 0.05) is 12.2 Å². The number of aromatic nitrogens is 2. The van der Waals surface area contributed by atoms with E-state index in [9.17, 15) is 4.39 Å². The minimum atomic E-state index is -0.233. The van der Waals surface area contributed by atoms with E-state index in [0.29, 0.717) is 17.7 Å². The molecule has 1 heterocycles. The number of nitrogens with one attached hydrogen (secondary N) is 2. The van der Waals surface area contributed by atoms with Crippen molar-refractivity contribution in [1.29, 1.82) is 0 Å². The zero-order valence-corrected chi connectivity index (χ0v) is 13.0. The Morgan fingerprint density at radius 2 is 2.10 bits per heavy atom. The van der Waals surface area contributed by atoms with E-state index in [2.05, 4.69) is 29.6 Å². The second kappa shape index (κ2) is 7.17. The van der Waals surface area contributed by atoms with Crippen molar-refractivity contribution in [3.05, 3.63) is 48.0 Å². The average molecular weight is 306 g/mol. The Balaban J connectivity index is 1.92. The Kier molecular flexibility index (Phi) is 5.27. The summed E-state index contributed by atoms with van der Waals surface area (Å²) in [6.07, 6.45) is 4.59. The van der Waals surface area contributed by atoms with Gasteiger partial charge in [-0.1, -0.05) is 19.1 Å². The van der Waals surface area contributed by atoms with Gasteiger partial charge in [0.2, 0.25) is 0 Å². The van der Waals surface area contributed by atoms with Crippen LogP contribution in [-0.4, -0.2) is 20.9 Å². The number of rotatable bonds is 5. The molecule has 21 heavy (non-hydrogen) atoms. The molecule has 2 rings (SSSR count). The van der Waals surface area contributed by atoms with Gasteiger partial charge in [0.25, 0.3) is 0 Å². The van der Waals surface area contributed by atoms with Crippen LogP contribution in [0.4, 0.5) is 10.1 Å². The number of nitrogens with zero attached hydrogens (tertiary/aromatic N) is 2. The molecule has 2 N–H and O–H groups in total. The van der Waals surface area contributed by atoms with Crippen LogP contribution in [0.5, 0.6) is 0 Å². The standard InChI is InChI=1S/C15H19FN4S/c1-3-11(2)18-15(21)19-14-8-17-20(10-14)9-12-4-6-13(16)7-5-12/h4-8,10-11H,3,9H2,1-2H3,(H2,18,19,21). The fraction of sp³-hybridized carbons (Fsp3) is 0.333. The van der Waals surface area contributed by atoms with Crippen LogP contribution in [0, 0.1) is 5.82 Å². The first-order valence-electron chi connectivity index (χ1n) is 6.91. The lowest BCUT2D eigenvalue weighted by molar-refractivity contribution is 0.624. The van der Waals surface area contributed by atoms with Crippen LogP contribution >= 0.6 is 12.2 Å². The molecular formula is C15H19FN4S. The van der Waals surface area contributed by atoms with Gasteiger partial charge in [-0.3, -0.25) is 4.68 Å². The van der Waals surface area contributed by atoms with Gasteiger partial charge in [-0.2, -0.15) is 5.10 Å². The highest BCUT2D eigenvalue weighted by Crippen LogP contribution is 2.09. The van der Waals surface area contributed by atoms with Crippen molar-refractivity contribution < 1.29 is 4.39 Å². The maximum atomic E-state index is 12.9. The van der Waals surface area contributed by atoms with E-state index >= 15 is 0 Å². The Hall–Kier alpha value is -1.95. The van der Waals surface area contributed by atoms with Crippen molar-refractivity contribution in [1.82, 2.24) is 15.1 Å². The van der Waals surface area contributed by atoms with Crippen LogP contribution in [-0.2, 0) is 6.54 Å². The Labute approximate surface area is 129 Å². The van der Waals surface area contributed by atoms with E-state index in [1.54, 1.807) is 23.0 Å². The summed E-state index contributed by atoms with van der Waals surface area (Å²) < 4.78 is 14.6. The molecule has 0 aliphatic heterocycles. The molecule has 1 unspecified atom stereocenters. The lowest BCUT2D eigenvalue weighted by Crippen LogP contribution is -2.35. The largest absolute Gasteiger partial charge is 0.360 e. The monoisotopic (exact) mass is 306 g/mol. The van der Waals surface area contributed by atoms with Crippen molar-refractivity contribution >= 4 is 23.0 Å². The highest BCUT2D eigenvalue weighted by Gasteiger charge is 2.04. The number of benzene rings is 1. The highest BCUT2D eigenvalue weighted by molar-refractivity contribution is 7.80. The van der Waals surface area contributed by atoms with E-state index in [1.165, 1.54) is 12.1 Å². The zero-order valence-electron chi connectivity index (χ0n) is 12.1. The summed E-state index contributed by atoms with van der Waals surface area (Å²) in [5, 5.41) is 11.1. The predicted molar refractivity (Wildman–Crippen MR) is 86.8 cm³/mol. The summed E-state index contributed by atoms with van der Waals surface area (Å²) in [6.45, 7) is 4.76. The van der Waals surface area contributed by atoms with E-state index in [0.717, 1.165) is 17.7 Å². The van der Waals surface area contributed by atoms with Crippen LogP contribution < -0.4 is 10.6 Å². The molecule has 6 heteroatoms. The highest BCUT2D eigenvalue weighted by atomic mass is 32.1. The molecule has 4 nitrogen and oxygen atoms in total. The quantitative estimate of drug-likeness (QED) is 0.833. The second-order valence-electron chi connectivity index (χ2n) is 4.96. The van der Waals surface area contributed by atoms with Crippen LogP contribution in [0.25, 0.3) is 0 Å². The molecule has 1 aromatic carbocycles. The summed E-state index contributed by atoms with van der Waals surface area (Å²) in [4.78, 5) is 0. The molecule has 112 valence electrons. The minimum absolute atomic E-state index is 0.233. The molecule has 1 aromatic heterocycles. The van der Waals surface area contributed by atoms with Gasteiger partial charge in [0.1, 0.15) is 5.82 Å². The van der Waals surface area contributed by atoms with Crippen molar-refractivity contribution in [3.63, 3.8) is 0 Å². The molecule has 0 bridgehead atoms. The molecule has 1 atom stereocenters. The molecule has 2 aromatic rings. The minimum Gasteiger partial charge on any atom is -0.360 e. The van der Waals surface area contributed by atoms with E-state index in [4.69, 9.17) is 12.2 Å². The molecule has 0 aliphatic carbocycles. The zero-order chi connectivity index (χ0) is 15.2. The average Bonchev–Trinajstić information content (AvgIpc) is 2.88. The molecule has 0 radical (unpaired) electrons. The van der Waals surface area contributed by atoms with Crippen LogP contribution in [0.1, 0.15) is 25.8 Å². The van der Waals surface area contributed by atoms with Crippen LogP contribution in [0.3, 0.4) is 0 Å². The van der Waals surface area contributed by atoms with Crippen molar-refractivity contribution in [3.8, 4) is 0 Å². The fourth-order valence-electron chi connectivity index (χ4n) is 1.78. The number of thiocarbonyl (C=S) groups is 1. The van der Waals surface area contributed by atoms with E-state index in [1.807, 2.05) is 6.20 Å². The number of halogens is 1. The second-order valence-corrected chi connectivity index (χ2v) is 5.37. The number of anilines is 1. The first-order chi connectivity index (χ1) is 10.1. The van der Waals surface area contributed by atoms with Gasteiger partial charge in [0.15, 0.2) is 5.11 Å². The fourth-order valence-corrected chi connectivity index (χ4v) is 2.10. The maximum absolute atomic E-state index is 12.9. The summed E-state index contributed by atoms with van der Waals surface area (Å²) in [5.74, 6) is -0.233. The Morgan fingerprint density at radius 3 is 2.76 bits per heavy atom. The molecular weight excluding hydrogens is 287 g/mol.